The highest BCUT2D eigenvalue weighted by Gasteiger charge is 2.22. The quantitative estimate of drug-likeness (QED) is 0.875. The molecule has 0 saturated carbocycles. The maximum Gasteiger partial charge on any atom is 0.122 e. The van der Waals surface area contributed by atoms with Gasteiger partial charge in [-0.2, -0.15) is 0 Å². The van der Waals surface area contributed by atoms with Crippen molar-refractivity contribution in [3.8, 4) is 5.75 Å². The third-order valence-corrected chi connectivity index (χ3v) is 4.00. The first-order chi connectivity index (χ1) is 8.99. The van der Waals surface area contributed by atoms with E-state index in [2.05, 4.69) is 30.0 Å². The number of hydrogen-bond donors (Lipinski definition) is 2. The molecule has 0 aliphatic carbocycles. The van der Waals surface area contributed by atoms with Gasteiger partial charge in [-0.1, -0.05) is 6.07 Å². The van der Waals surface area contributed by atoms with E-state index in [4.69, 9.17) is 5.73 Å². The molecule has 4 nitrogen and oxygen atoms in total. The summed E-state index contributed by atoms with van der Waals surface area (Å²) in [5, 5.41) is 10.1. The van der Waals surface area contributed by atoms with Crippen LogP contribution in [0.5, 0.6) is 5.75 Å². The number of piperidine rings is 1. The number of nitrogens with two attached hydrogens (primary N) is 1. The maximum atomic E-state index is 10.1. The van der Waals surface area contributed by atoms with E-state index < -0.39 is 0 Å². The Morgan fingerprint density at radius 1 is 1.42 bits per heavy atom. The van der Waals surface area contributed by atoms with Gasteiger partial charge < -0.3 is 20.6 Å². The fourth-order valence-corrected chi connectivity index (χ4v) is 2.72. The number of rotatable bonds is 3. The lowest BCUT2D eigenvalue weighted by atomic mass is 10.0. The molecule has 2 unspecified atom stereocenters. The van der Waals surface area contributed by atoms with Crippen molar-refractivity contribution in [3.05, 3.63) is 23.8 Å². The van der Waals surface area contributed by atoms with Gasteiger partial charge in [0.1, 0.15) is 5.75 Å². The molecule has 2 atom stereocenters. The van der Waals surface area contributed by atoms with Crippen LogP contribution in [0.15, 0.2) is 18.2 Å². The molecular formula is C15H25N3O. The Morgan fingerprint density at radius 2 is 2.16 bits per heavy atom. The van der Waals surface area contributed by atoms with E-state index in [9.17, 15) is 5.11 Å². The second kappa shape index (κ2) is 5.80. The SMILES string of the molecule is CC(N)c1ccc(N2CCCC(N(C)C)C2)cc1O. The lowest BCUT2D eigenvalue weighted by Gasteiger charge is -2.37. The van der Waals surface area contributed by atoms with E-state index >= 15 is 0 Å². The van der Waals surface area contributed by atoms with Crippen LogP contribution < -0.4 is 10.6 Å². The normalized spacial score (nSPS) is 21.7. The minimum absolute atomic E-state index is 0.134. The van der Waals surface area contributed by atoms with Gasteiger partial charge in [0.15, 0.2) is 0 Å². The van der Waals surface area contributed by atoms with Crippen molar-refractivity contribution in [1.82, 2.24) is 4.90 Å². The number of anilines is 1. The minimum Gasteiger partial charge on any atom is -0.508 e. The fraction of sp³-hybridized carbons (Fsp3) is 0.600. The van der Waals surface area contributed by atoms with E-state index in [-0.39, 0.29) is 6.04 Å². The zero-order valence-electron chi connectivity index (χ0n) is 12.1. The molecule has 0 aromatic heterocycles. The number of aromatic hydroxyl groups is 1. The molecule has 19 heavy (non-hydrogen) atoms. The van der Waals surface area contributed by atoms with Crippen molar-refractivity contribution in [2.24, 2.45) is 5.73 Å². The van der Waals surface area contributed by atoms with E-state index in [0.29, 0.717) is 11.8 Å². The number of hydrogen-bond acceptors (Lipinski definition) is 4. The van der Waals surface area contributed by atoms with Crippen LogP contribution in [-0.4, -0.2) is 43.2 Å². The molecule has 0 radical (unpaired) electrons. The second-order valence-corrected chi connectivity index (χ2v) is 5.74. The number of nitrogens with zero attached hydrogens (tertiary/aromatic N) is 2. The Kier molecular flexibility index (Phi) is 4.32. The van der Waals surface area contributed by atoms with Gasteiger partial charge in [0, 0.05) is 42.5 Å². The Hall–Kier alpha value is -1.26. The molecule has 0 amide bonds. The molecule has 3 N–H and O–H groups in total. The molecule has 4 heteroatoms. The van der Waals surface area contributed by atoms with Crippen LogP contribution in [0.2, 0.25) is 0 Å². The second-order valence-electron chi connectivity index (χ2n) is 5.74. The van der Waals surface area contributed by atoms with Gasteiger partial charge >= 0.3 is 0 Å². The summed E-state index contributed by atoms with van der Waals surface area (Å²) < 4.78 is 0. The number of benzene rings is 1. The molecule has 1 saturated heterocycles. The lowest BCUT2D eigenvalue weighted by molar-refractivity contribution is 0.258. The van der Waals surface area contributed by atoms with Crippen LogP contribution in [0.1, 0.15) is 31.4 Å². The fourth-order valence-electron chi connectivity index (χ4n) is 2.72. The molecule has 0 bridgehead atoms. The van der Waals surface area contributed by atoms with Gasteiger partial charge in [0.25, 0.3) is 0 Å². The Morgan fingerprint density at radius 3 is 2.74 bits per heavy atom. The largest absolute Gasteiger partial charge is 0.508 e. The Balaban J connectivity index is 2.15. The topological polar surface area (TPSA) is 52.7 Å². The van der Waals surface area contributed by atoms with E-state index in [1.54, 1.807) is 0 Å². The van der Waals surface area contributed by atoms with Crippen LogP contribution in [0.4, 0.5) is 5.69 Å². The van der Waals surface area contributed by atoms with E-state index in [0.717, 1.165) is 24.3 Å². The van der Waals surface area contributed by atoms with Gasteiger partial charge in [0.2, 0.25) is 0 Å². The molecule has 1 aromatic carbocycles. The molecule has 1 aliphatic rings. The van der Waals surface area contributed by atoms with Crippen LogP contribution in [-0.2, 0) is 0 Å². The van der Waals surface area contributed by atoms with Crippen molar-refractivity contribution >= 4 is 5.69 Å². The molecular weight excluding hydrogens is 238 g/mol. The minimum atomic E-state index is -0.134. The third-order valence-electron chi connectivity index (χ3n) is 4.00. The average Bonchev–Trinajstić information content (AvgIpc) is 2.38. The molecule has 1 heterocycles. The van der Waals surface area contributed by atoms with E-state index in [1.165, 1.54) is 12.8 Å². The van der Waals surface area contributed by atoms with E-state index in [1.807, 2.05) is 19.1 Å². The van der Waals surface area contributed by atoms with Crippen molar-refractivity contribution in [2.75, 3.05) is 32.1 Å². The monoisotopic (exact) mass is 263 g/mol. The summed E-state index contributed by atoms with van der Waals surface area (Å²) in [4.78, 5) is 4.63. The highest BCUT2D eigenvalue weighted by molar-refractivity contribution is 5.54. The van der Waals surface area contributed by atoms with Crippen molar-refractivity contribution in [3.63, 3.8) is 0 Å². The summed E-state index contributed by atoms with van der Waals surface area (Å²) in [5.41, 5.74) is 7.73. The molecule has 1 fully saturated rings. The Bertz CT molecular complexity index is 431. The zero-order chi connectivity index (χ0) is 14.0. The predicted molar refractivity (Wildman–Crippen MR) is 79.6 cm³/mol. The third kappa shape index (κ3) is 3.19. The highest BCUT2D eigenvalue weighted by atomic mass is 16.3. The molecule has 2 rings (SSSR count). The van der Waals surface area contributed by atoms with Crippen LogP contribution in [0.25, 0.3) is 0 Å². The number of phenols is 1. The average molecular weight is 263 g/mol. The molecule has 106 valence electrons. The van der Waals surface area contributed by atoms with Crippen LogP contribution >= 0.6 is 0 Å². The Labute approximate surface area is 115 Å². The predicted octanol–water partition coefficient (Wildman–Crippen LogP) is 1.94. The molecule has 1 aromatic rings. The summed E-state index contributed by atoms with van der Waals surface area (Å²) in [6, 6.07) is 6.30. The first-order valence-electron chi connectivity index (χ1n) is 6.99. The van der Waals surface area contributed by atoms with Gasteiger partial charge in [-0.15, -0.1) is 0 Å². The summed E-state index contributed by atoms with van der Waals surface area (Å²) in [5.74, 6) is 0.305. The summed E-state index contributed by atoms with van der Waals surface area (Å²) in [6.45, 7) is 3.96. The van der Waals surface area contributed by atoms with Gasteiger partial charge in [-0.05, 0) is 39.9 Å². The number of likely N-dealkylation sites (N-methyl/N-ethyl adjacent to an activating group) is 1. The first-order valence-corrected chi connectivity index (χ1v) is 6.99. The number of phenolic OH excluding ortho intramolecular Hbond substituents is 1. The maximum absolute atomic E-state index is 10.1. The summed E-state index contributed by atoms with van der Waals surface area (Å²) >= 11 is 0. The van der Waals surface area contributed by atoms with Gasteiger partial charge in [-0.25, -0.2) is 0 Å². The van der Waals surface area contributed by atoms with Crippen molar-refractivity contribution < 1.29 is 5.11 Å². The van der Waals surface area contributed by atoms with Crippen LogP contribution in [0, 0.1) is 0 Å². The van der Waals surface area contributed by atoms with Gasteiger partial charge in [0.05, 0.1) is 0 Å². The van der Waals surface area contributed by atoms with Crippen molar-refractivity contribution in [2.45, 2.75) is 31.8 Å². The smallest absolute Gasteiger partial charge is 0.122 e. The summed E-state index contributed by atoms with van der Waals surface area (Å²) in [6.07, 6.45) is 2.44. The van der Waals surface area contributed by atoms with Crippen molar-refractivity contribution in [1.29, 1.82) is 0 Å². The standard InChI is InChI=1S/C15H25N3O/c1-11(16)14-7-6-12(9-15(14)19)18-8-4-5-13(10-18)17(2)3/h6-7,9,11,13,19H,4-5,8,10,16H2,1-3H3. The molecule has 1 aliphatic heterocycles. The molecule has 0 spiro atoms. The highest BCUT2D eigenvalue weighted by Crippen LogP contribution is 2.29. The lowest BCUT2D eigenvalue weighted by Crippen LogP contribution is -2.45. The zero-order valence-corrected chi connectivity index (χ0v) is 12.1. The summed E-state index contributed by atoms with van der Waals surface area (Å²) in [7, 11) is 4.26. The first kappa shape index (κ1) is 14.2. The van der Waals surface area contributed by atoms with Gasteiger partial charge in [-0.3, -0.25) is 0 Å². The van der Waals surface area contributed by atoms with Crippen LogP contribution in [0.3, 0.4) is 0 Å².